The minimum atomic E-state index is -1.64. The summed E-state index contributed by atoms with van der Waals surface area (Å²) < 4.78 is 22.8. The third-order valence-corrected chi connectivity index (χ3v) is 4.12. The van der Waals surface area contributed by atoms with E-state index < -0.39 is 7.80 Å². The van der Waals surface area contributed by atoms with Gasteiger partial charge in [-0.1, -0.05) is 30.5 Å². The zero-order chi connectivity index (χ0) is 14.8. The Kier molecular flexibility index (Phi) is 7.89. The molecule has 110 valence electrons. The highest BCUT2D eigenvalue weighted by molar-refractivity contribution is 7.53. The van der Waals surface area contributed by atoms with Crippen molar-refractivity contribution in [3.63, 3.8) is 0 Å². The maximum absolute atomic E-state index is 12.3. The molecule has 4 nitrogen and oxygen atoms in total. The highest BCUT2D eigenvalue weighted by Gasteiger charge is 2.25. The summed E-state index contributed by atoms with van der Waals surface area (Å²) in [5.74, 6) is 0.361. The molecule has 0 aliphatic rings. The van der Waals surface area contributed by atoms with Crippen LogP contribution in [0.15, 0.2) is 24.3 Å². The van der Waals surface area contributed by atoms with Crippen LogP contribution in [0.5, 0.6) is 5.75 Å². The number of para-hydroxylation sites is 1. The van der Waals surface area contributed by atoms with E-state index in [0.29, 0.717) is 30.4 Å². The molecule has 20 heavy (non-hydrogen) atoms. The molecule has 0 aliphatic heterocycles. The Labute approximate surface area is 121 Å². The van der Waals surface area contributed by atoms with Crippen molar-refractivity contribution < 1.29 is 18.8 Å². The summed E-state index contributed by atoms with van der Waals surface area (Å²) in [5, 5.41) is 0.680. The van der Waals surface area contributed by atoms with Crippen molar-refractivity contribution in [3.05, 3.63) is 24.3 Å². The zero-order valence-electron chi connectivity index (χ0n) is 12.1. The number of hydrogen-bond acceptors (Lipinski definition) is 4. The van der Waals surface area contributed by atoms with Crippen molar-refractivity contribution in [2.24, 2.45) is 0 Å². The van der Waals surface area contributed by atoms with Crippen LogP contribution < -0.4 is 10.0 Å². The van der Waals surface area contributed by atoms with Crippen molar-refractivity contribution in [3.8, 4) is 5.75 Å². The van der Waals surface area contributed by atoms with E-state index in [9.17, 15) is 9.36 Å². The molecule has 5 heteroatoms. The van der Waals surface area contributed by atoms with Gasteiger partial charge < -0.3 is 9.47 Å². The first-order valence-corrected chi connectivity index (χ1v) is 8.45. The number of carbonyl (C=O) groups excluding carboxylic acids is 1. The molecule has 0 aliphatic carbocycles. The molecule has 0 aromatic heterocycles. The van der Waals surface area contributed by atoms with E-state index in [1.807, 2.05) is 32.0 Å². The maximum atomic E-state index is 12.3. The van der Waals surface area contributed by atoms with Gasteiger partial charge in [-0.05, 0) is 25.0 Å². The van der Waals surface area contributed by atoms with Gasteiger partial charge in [0, 0.05) is 0 Å². The molecule has 1 unspecified atom stereocenters. The van der Waals surface area contributed by atoms with E-state index in [2.05, 4.69) is 0 Å². The monoisotopic (exact) mass is 297 g/mol. The van der Waals surface area contributed by atoms with Crippen molar-refractivity contribution in [2.45, 2.75) is 33.1 Å². The van der Waals surface area contributed by atoms with Crippen molar-refractivity contribution in [1.82, 2.24) is 0 Å². The number of esters is 1. The quantitative estimate of drug-likeness (QED) is 0.518. The van der Waals surface area contributed by atoms with Crippen molar-refractivity contribution in [2.75, 3.05) is 19.4 Å². The SMILES string of the molecule is CCCOC(=O)CC[P+](=O)c1ccccc1OCCC. The smallest absolute Gasteiger partial charge is 0.381 e. The van der Waals surface area contributed by atoms with E-state index in [1.54, 1.807) is 6.07 Å². The molecule has 0 fully saturated rings. The predicted octanol–water partition coefficient (Wildman–Crippen LogP) is 3.27. The van der Waals surface area contributed by atoms with Gasteiger partial charge in [0.15, 0.2) is 11.9 Å². The largest absolute Gasteiger partial charge is 0.489 e. The minimum Gasteiger partial charge on any atom is -0.489 e. The van der Waals surface area contributed by atoms with E-state index in [1.165, 1.54) is 0 Å². The Morgan fingerprint density at radius 2 is 1.85 bits per heavy atom. The van der Waals surface area contributed by atoms with Gasteiger partial charge in [-0.15, -0.1) is 0 Å². The average molecular weight is 297 g/mol. The van der Waals surface area contributed by atoms with Crippen LogP contribution in [0.2, 0.25) is 0 Å². The summed E-state index contributed by atoms with van der Waals surface area (Å²) in [4.78, 5) is 11.4. The Morgan fingerprint density at radius 1 is 1.15 bits per heavy atom. The summed E-state index contributed by atoms with van der Waals surface area (Å²) >= 11 is 0. The summed E-state index contributed by atoms with van der Waals surface area (Å²) in [6.45, 7) is 4.98. The van der Waals surface area contributed by atoms with Gasteiger partial charge in [0.25, 0.3) is 0 Å². The first-order chi connectivity index (χ1) is 9.69. The molecule has 0 saturated carbocycles. The molecule has 1 aromatic carbocycles. The Balaban J connectivity index is 2.56. The Morgan fingerprint density at radius 3 is 2.55 bits per heavy atom. The third kappa shape index (κ3) is 5.70. The van der Waals surface area contributed by atoms with Crippen LogP contribution in [0.1, 0.15) is 33.1 Å². The Hall–Kier alpha value is -1.41. The lowest BCUT2D eigenvalue weighted by atomic mass is 10.3. The fraction of sp³-hybridized carbons (Fsp3) is 0.533. The van der Waals surface area contributed by atoms with Crippen LogP contribution in [0, 0.1) is 0 Å². The first-order valence-electron chi connectivity index (χ1n) is 7.01. The van der Waals surface area contributed by atoms with E-state index in [-0.39, 0.29) is 12.4 Å². The van der Waals surface area contributed by atoms with Crippen LogP contribution in [0.3, 0.4) is 0 Å². The number of ether oxygens (including phenoxy) is 2. The van der Waals surface area contributed by atoms with Crippen LogP contribution >= 0.6 is 7.80 Å². The Bertz CT molecular complexity index is 445. The summed E-state index contributed by atoms with van der Waals surface area (Å²) in [7, 11) is -1.64. The molecular weight excluding hydrogens is 275 g/mol. The van der Waals surface area contributed by atoms with Gasteiger partial charge in [0.2, 0.25) is 5.30 Å². The van der Waals surface area contributed by atoms with Gasteiger partial charge in [0.05, 0.1) is 19.6 Å². The number of carbonyl (C=O) groups is 1. The standard InChI is InChI=1S/C15H22O4P/c1-3-10-18-13-7-5-6-8-14(13)20(17)12-9-15(16)19-11-4-2/h5-8H,3-4,9-12H2,1-2H3/q+1. The third-order valence-electron chi connectivity index (χ3n) is 2.58. The van der Waals surface area contributed by atoms with Crippen LogP contribution in [-0.2, 0) is 14.1 Å². The van der Waals surface area contributed by atoms with Gasteiger partial charge >= 0.3 is 13.8 Å². The zero-order valence-corrected chi connectivity index (χ0v) is 13.0. The second-order valence-electron chi connectivity index (χ2n) is 4.39. The molecule has 0 bridgehead atoms. The summed E-state index contributed by atoms with van der Waals surface area (Å²) in [6.07, 6.45) is 2.17. The topological polar surface area (TPSA) is 52.6 Å². The molecule has 0 saturated heterocycles. The van der Waals surface area contributed by atoms with Crippen molar-refractivity contribution in [1.29, 1.82) is 0 Å². The highest BCUT2D eigenvalue weighted by atomic mass is 31.1. The average Bonchev–Trinajstić information content (AvgIpc) is 2.48. The van der Waals surface area contributed by atoms with Crippen LogP contribution in [0.25, 0.3) is 0 Å². The van der Waals surface area contributed by atoms with Crippen LogP contribution in [-0.4, -0.2) is 25.3 Å². The van der Waals surface area contributed by atoms with E-state index >= 15 is 0 Å². The summed E-state index contributed by atoms with van der Waals surface area (Å²) in [5.41, 5.74) is 0. The molecule has 0 heterocycles. The molecular formula is C15H22O4P+. The van der Waals surface area contributed by atoms with Gasteiger partial charge in [0.1, 0.15) is 0 Å². The fourth-order valence-corrected chi connectivity index (χ4v) is 2.86. The number of hydrogen-bond donors (Lipinski definition) is 0. The molecule has 0 amide bonds. The van der Waals surface area contributed by atoms with Crippen LogP contribution in [0.4, 0.5) is 0 Å². The highest BCUT2D eigenvalue weighted by Crippen LogP contribution is 2.27. The predicted molar refractivity (Wildman–Crippen MR) is 80.2 cm³/mol. The molecule has 0 radical (unpaired) electrons. The van der Waals surface area contributed by atoms with Gasteiger partial charge in [-0.25, -0.2) is 0 Å². The maximum Gasteiger partial charge on any atom is 0.381 e. The first kappa shape index (κ1) is 16.6. The van der Waals surface area contributed by atoms with Gasteiger partial charge in [-0.3, -0.25) is 4.79 Å². The lowest BCUT2D eigenvalue weighted by Gasteiger charge is -2.04. The molecule has 0 spiro atoms. The number of benzene rings is 1. The second kappa shape index (κ2) is 9.49. The minimum absolute atomic E-state index is 0.178. The lowest BCUT2D eigenvalue weighted by molar-refractivity contribution is -0.143. The summed E-state index contributed by atoms with van der Waals surface area (Å²) in [6, 6.07) is 7.29. The number of rotatable bonds is 9. The van der Waals surface area contributed by atoms with E-state index in [0.717, 1.165) is 12.8 Å². The molecule has 0 N–H and O–H groups in total. The second-order valence-corrected chi connectivity index (χ2v) is 6.07. The molecule has 1 aromatic rings. The fourth-order valence-electron chi connectivity index (χ4n) is 1.60. The van der Waals surface area contributed by atoms with E-state index in [4.69, 9.17) is 9.47 Å². The van der Waals surface area contributed by atoms with Crippen molar-refractivity contribution >= 4 is 19.1 Å². The molecule has 1 atom stereocenters. The normalized spacial score (nSPS) is 11.0. The van der Waals surface area contributed by atoms with Gasteiger partial charge in [-0.2, -0.15) is 0 Å². The molecule has 1 rings (SSSR count). The lowest BCUT2D eigenvalue weighted by Crippen LogP contribution is -2.10.